The Kier molecular flexibility index (Phi) is 17.2. The second-order valence-electron chi connectivity index (χ2n) is 12.8. The van der Waals surface area contributed by atoms with Crippen molar-refractivity contribution in [3.63, 3.8) is 0 Å². The average Bonchev–Trinajstić information content (AvgIpc) is 3.35. The summed E-state index contributed by atoms with van der Waals surface area (Å²) in [6.07, 6.45) is 16.3. The van der Waals surface area contributed by atoms with Gasteiger partial charge in [0.2, 0.25) is 11.4 Å². The lowest BCUT2D eigenvalue weighted by molar-refractivity contribution is -0.689. The zero-order valence-electron chi connectivity index (χ0n) is 27.4. The summed E-state index contributed by atoms with van der Waals surface area (Å²) in [6, 6.07) is 14.4. The average molecular weight is 672 g/mol. The molecule has 0 radical (unpaired) electrons. The number of ether oxygens (including phenoxy) is 1. The van der Waals surface area contributed by atoms with Gasteiger partial charge in [-0.2, -0.15) is 4.57 Å². The highest BCUT2D eigenvalue weighted by atomic mass is 79.9. The number of anilines is 1. The van der Waals surface area contributed by atoms with E-state index in [0.717, 1.165) is 42.1 Å². The third kappa shape index (κ3) is 13.6. The van der Waals surface area contributed by atoms with Gasteiger partial charge in [-0.3, -0.25) is 4.79 Å². The van der Waals surface area contributed by atoms with Gasteiger partial charge in [0.05, 0.1) is 24.1 Å². The molecule has 3 aromatic rings. The first-order valence-electron chi connectivity index (χ1n) is 16.3. The summed E-state index contributed by atoms with van der Waals surface area (Å²) in [7, 11) is 0. The fraction of sp³-hybridized carbons (Fsp3) is 0.568. The van der Waals surface area contributed by atoms with Gasteiger partial charge in [0.1, 0.15) is 5.75 Å². The number of amides is 1. The summed E-state index contributed by atoms with van der Waals surface area (Å²) >= 11 is 1.69. The van der Waals surface area contributed by atoms with Gasteiger partial charge >= 0.3 is 0 Å². The number of rotatable bonds is 19. The highest BCUT2D eigenvalue weighted by Gasteiger charge is 2.20. The highest BCUT2D eigenvalue weighted by Crippen LogP contribution is 2.32. The number of aromatic nitrogens is 1. The van der Waals surface area contributed by atoms with Crippen molar-refractivity contribution >= 4 is 22.9 Å². The number of halogens is 1. The minimum absolute atomic E-state index is 0. The number of benzene rings is 2. The van der Waals surface area contributed by atoms with Crippen LogP contribution in [0.4, 0.5) is 5.69 Å². The number of carbonyl (C=O) groups is 1. The van der Waals surface area contributed by atoms with Crippen LogP contribution in [0.25, 0.3) is 0 Å². The van der Waals surface area contributed by atoms with Crippen molar-refractivity contribution in [2.75, 3.05) is 11.9 Å². The Hall–Kier alpha value is -2.18. The van der Waals surface area contributed by atoms with Crippen molar-refractivity contribution in [1.29, 1.82) is 0 Å². The van der Waals surface area contributed by atoms with E-state index in [4.69, 9.17) is 4.74 Å². The van der Waals surface area contributed by atoms with Crippen molar-refractivity contribution in [2.24, 2.45) is 0 Å². The van der Waals surface area contributed by atoms with Crippen molar-refractivity contribution in [3.8, 4) is 5.75 Å². The predicted octanol–water partition coefficient (Wildman–Crippen LogP) is 6.95. The summed E-state index contributed by atoms with van der Waals surface area (Å²) in [6.45, 7) is 12.5. The zero-order chi connectivity index (χ0) is 30.2. The maximum absolute atomic E-state index is 13.1. The van der Waals surface area contributed by atoms with E-state index in [9.17, 15) is 4.79 Å². The molecule has 0 saturated carbocycles. The first-order valence-corrected chi connectivity index (χ1v) is 17.3. The van der Waals surface area contributed by atoms with Gasteiger partial charge in [0.25, 0.3) is 0 Å². The molecule has 1 amide bonds. The third-order valence-corrected chi connectivity index (χ3v) is 8.84. The van der Waals surface area contributed by atoms with Crippen LogP contribution in [0, 0.1) is 6.92 Å². The Morgan fingerprint density at radius 2 is 1.51 bits per heavy atom. The molecule has 0 aliphatic heterocycles. The molecular formula is C37H55BrN2O2S. The molecule has 1 N–H and O–H groups in total. The molecule has 0 saturated heterocycles. The SMILES string of the molecule is CCCCCCCCCCCCCCOc1cc(CC(=O)Nc2ccccc2C[n+]2cscc2C)ccc1C(C)(C)C.[Br-]. The molecule has 0 atom stereocenters. The van der Waals surface area contributed by atoms with E-state index in [1.54, 1.807) is 11.3 Å². The Bertz CT molecular complexity index is 1220. The maximum Gasteiger partial charge on any atom is 0.228 e. The molecule has 6 heteroatoms. The number of unbranched alkanes of at least 4 members (excludes halogenated alkanes) is 11. The van der Waals surface area contributed by atoms with Gasteiger partial charge in [-0.25, -0.2) is 0 Å². The van der Waals surface area contributed by atoms with Crippen molar-refractivity contribution in [1.82, 2.24) is 0 Å². The van der Waals surface area contributed by atoms with Crippen molar-refractivity contribution in [3.05, 3.63) is 75.7 Å². The van der Waals surface area contributed by atoms with Crippen LogP contribution in [0.15, 0.2) is 53.4 Å². The van der Waals surface area contributed by atoms with Gasteiger partial charge in [-0.1, -0.05) is 140 Å². The first-order chi connectivity index (χ1) is 20.3. The normalized spacial score (nSPS) is 11.3. The molecule has 0 spiro atoms. The number of nitrogens with zero attached hydrogens (tertiary/aromatic N) is 1. The fourth-order valence-corrected chi connectivity index (χ4v) is 6.18. The summed E-state index contributed by atoms with van der Waals surface area (Å²) < 4.78 is 8.56. The minimum Gasteiger partial charge on any atom is -1.00 e. The molecule has 1 heterocycles. The number of para-hydroxylation sites is 1. The second-order valence-corrected chi connectivity index (χ2v) is 13.5. The molecule has 0 bridgehead atoms. The number of hydrogen-bond donors (Lipinski definition) is 1. The number of aryl methyl sites for hydroxylation is 1. The van der Waals surface area contributed by atoms with E-state index in [-0.39, 0.29) is 28.3 Å². The Balaban J connectivity index is 0.00000645. The van der Waals surface area contributed by atoms with Gasteiger partial charge < -0.3 is 27.0 Å². The number of thiazole rings is 1. The van der Waals surface area contributed by atoms with Crippen LogP contribution in [0.2, 0.25) is 0 Å². The molecule has 4 nitrogen and oxygen atoms in total. The van der Waals surface area contributed by atoms with Gasteiger partial charge in [0.15, 0.2) is 12.2 Å². The monoisotopic (exact) mass is 670 g/mol. The Labute approximate surface area is 276 Å². The number of carbonyl (C=O) groups excluding carboxylic acids is 1. The standard InChI is InChI=1S/C37H54N2O2S.BrH/c1-6-7-8-9-10-11-12-13-14-15-16-19-24-41-35-25-31(22-23-33(35)37(3,4)5)26-36(40)38-34-21-18-17-20-32(34)27-39-29-42-28-30(39)2;/h17-18,20-23,25,28-29H,6-16,19,24,26-27H2,1-5H3;1H. The minimum atomic E-state index is -0.0247. The van der Waals surface area contributed by atoms with E-state index in [1.807, 2.05) is 18.2 Å². The van der Waals surface area contributed by atoms with Gasteiger partial charge in [0, 0.05) is 12.5 Å². The summed E-state index contributed by atoms with van der Waals surface area (Å²) in [5, 5.41) is 5.30. The number of nitrogens with one attached hydrogen (secondary N) is 1. The summed E-state index contributed by atoms with van der Waals surface area (Å²) in [5.74, 6) is 0.908. The lowest BCUT2D eigenvalue weighted by atomic mass is 9.85. The maximum atomic E-state index is 13.1. The largest absolute Gasteiger partial charge is 1.00 e. The zero-order valence-corrected chi connectivity index (χ0v) is 29.8. The fourth-order valence-electron chi connectivity index (χ4n) is 5.40. The topological polar surface area (TPSA) is 42.2 Å². The lowest BCUT2D eigenvalue weighted by Crippen LogP contribution is -3.00. The molecule has 2 aromatic carbocycles. The van der Waals surface area contributed by atoms with Crippen molar-refractivity contribution < 1.29 is 31.1 Å². The summed E-state index contributed by atoms with van der Waals surface area (Å²) in [4.78, 5) is 13.1. The molecule has 1 aromatic heterocycles. The molecule has 43 heavy (non-hydrogen) atoms. The molecule has 3 rings (SSSR count). The van der Waals surface area contributed by atoms with E-state index < -0.39 is 0 Å². The first kappa shape index (κ1) is 37.0. The van der Waals surface area contributed by atoms with Crippen molar-refractivity contribution in [2.45, 2.75) is 130 Å². The quantitative estimate of drug-likeness (QED) is 0.111. The van der Waals surface area contributed by atoms with E-state index >= 15 is 0 Å². The molecule has 0 aliphatic rings. The van der Waals surface area contributed by atoms with Crippen LogP contribution in [0.1, 0.15) is 127 Å². The second kappa shape index (κ2) is 20.0. The molecule has 0 unspecified atom stereocenters. The smallest absolute Gasteiger partial charge is 0.228 e. The van der Waals surface area contributed by atoms with Crippen LogP contribution >= 0.6 is 11.3 Å². The number of hydrogen-bond acceptors (Lipinski definition) is 3. The van der Waals surface area contributed by atoms with Gasteiger partial charge in [-0.15, -0.1) is 0 Å². The molecule has 0 fully saturated rings. The van der Waals surface area contributed by atoms with Crippen LogP contribution in [0.5, 0.6) is 5.75 Å². The highest BCUT2D eigenvalue weighted by molar-refractivity contribution is 7.07. The van der Waals surface area contributed by atoms with Crippen LogP contribution in [0.3, 0.4) is 0 Å². The predicted molar refractivity (Wildman–Crippen MR) is 179 cm³/mol. The van der Waals surface area contributed by atoms with E-state index in [0.29, 0.717) is 6.42 Å². The lowest BCUT2D eigenvalue weighted by Gasteiger charge is -2.23. The summed E-state index contributed by atoms with van der Waals surface area (Å²) in [5.41, 5.74) is 7.45. The Morgan fingerprint density at radius 3 is 2.12 bits per heavy atom. The van der Waals surface area contributed by atoms with Crippen LogP contribution < -0.4 is 31.6 Å². The van der Waals surface area contributed by atoms with E-state index in [1.165, 1.54) is 81.9 Å². The third-order valence-electron chi connectivity index (χ3n) is 7.99. The van der Waals surface area contributed by atoms with Crippen LogP contribution in [-0.2, 0) is 23.2 Å². The molecule has 238 valence electrons. The van der Waals surface area contributed by atoms with Crippen LogP contribution in [-0.4, -0.2) is 12.5 Å². The Morgan fingerprint density at radius 1 is 0.884 bits per heavy atom. The molecular weight excluding hydrogens is 616 g/mol. The van der Waals surface area contributed by atoms with E-state index in [2.05, 4.69) is 79.7 Å². The van der Waals surface area contributed by atoms with Gasteiger partial charge in [-0.05, 0) is 35.1 Å². The molecule has 0 aliphatic carbocycles.